The van der Waals surface area contributed by atoms with Crippen molar-refractivity contribution >= 4 is 12.6 Å². The fraction of sp³-hybridized carbons (Fsp3) is 0.833. The summed E-state index contributed by atoms with van der Waals surface area (Å²) >= 11 is 0. The van der Waals surface area contributed by atoms with Crippen LogP contribution in [-0.2, 0) is 9.59 Å². The minimum atomic E-state index is -1.65. The third-order valence-corrected chi connectivity index (χ3v) is 2.65. The van der Waals surface area contributed by atoms with Crippen LogP contribution in [0.1, 0.15) is 13.3 Å². The van der Waals surface area contributed by atoms with Crippen molar-refractivity contribution in [2.75, 3.05) is 6.61 Å². The van der Waals surface area contributed by atoms with Crippen molar-refractivity contribution in [3.05, 3.63) is 0 Å². The van der Waals surface area contributed by atoms with Gasteiger partial charge in [0.05, 0.1) is 18.8 Å². The van der Waals surface area contributed by atoms with Crippen LogP contribution in [0.3, 0.4) is 0 Å². The van der Waals surface area contributed by atoms with E-state index in [2.05, 4.69) is 0 Å². The van der Waals surface area contributed by atoms with E-state index in [9.17, 15) is 9.59 Å². The molecule has 0 aromatic rings. The van der Waals surface area contributed by atoms with Gasteiger partial charge in [0.1, 0.15) is 36.8 Å². The Morgan fingerprint density at radius 3 is 1.64 bits per heavy atom. The number of rotatable bonds is 9. The Morgan fingerprint density at radius 1 is 0.818 bits per heavy atom. The molecule has 10 heteroatoms. The van der Waals surface area contributed by atoms with Crippen molar-refractivity contribution in [3.63, 3.8) is 0 Å². The first-order valence-electron chi connectivity index (χ1n) is 6.40. The van der Waals surface area contributed by atoms with E-state index in [1.807, 2.05) is 0 Å². The molecule has 0 bridgehead atoms. The second-order valence-corrected chi connectivity index (χ2v) is 4.56. The number of carbonyl (C=O) groups excluding carboxylic acids is 2. The normalized spacial score (nSPS) is 20.4. The van der Waals surface area contributed by atoms with Gasteiger partial charge in [-0.05, 0) is 6.92 Å². The lowest BCUT2D eigenvalue weighted by Gasteiger charge is -2.21. The molecule has 0 fully saturated rings. The van der Waals surface area contributed by atoms with Gasteiger partial charge < -0.3 is 50.4 Å². The zero-order chi connectivity index (χ0) is 17.9. The zero-order valence-electron chi connectivity index (χ0n) is 12.0. The Kier molecular flexibility index (Phi) is 13.3. The summed E-state index contributed by atoms with van der Waals surface area (Å²) in [6.07, 6.45) is -9.88. The second kappa shape index (κ2) is 12.6. The SMILES string of the molecule is C[C@@H](O)[C@@H](O)[C@H](O)[C@@H](O)C=O.O=CC[C@@H](O)[C@H](O)[C@H](O)CO. The van der Waals surface area contributed by atoms with Crippen molar-refractivity contribution in [2.24, 2.45) is 0 Å². The molecule has 0 spiro atoms. The smallest absolute Gasteiger partial charge is 0.151 e. The minimum Gasteiger partial charge on any atom is -0.394 e. The quantitative estimate of drug-likeness (QED) is 0.190. The lowest BCUT2D eigenvalue weighted by molar-refractivity contribution is -0.132. The lowest BCUT2D eigenvalue weighted by Crippen LogP contribution is -2.43. The molecule has 22 heavy (non-hydrogen) atoms. The van der Waals surface area contributed by atoms with Crippen molar-refractivity contribution in [3.8, 4) is 0 Å². The second-order valence-electron chi connectivity index (χ2n) is 4.56. The fourth-order valence-corrected chi connectivity index (χ4v) is 1.17. The third kappa shape index (κ3) is 9.12. The van der Waals surface area contributed by atoms with Crippen LogP contribution in [-0.4, -0.2) is 103 Å². The summed E-state index contributed by atoms with van der Waals surface area (Å²) in [5, 5.41) is 69.9. The Hall–Kier alpha value is -0.980. The molecule has 10 nitrogen and oxygen atoms in total. The number of carbonyl (C=O) groups is 2. The van der Waals surface area contributed by atoms with E-state index in [4.69, 9.17) is 40.9 Å². The average molecular weight is 328 g/mol. The maximum absolute atomic E-state index is 9.87. The lowest BCUT2D eigenvalue weighted by atomic mass is 10.1. The molecular weight excluding hydrogens is 304 g/mol. The highest BCUT2D eigenvalue weighted by atomic mass is 16.4. The van der Waals surface area contributed by atoms with E-state index in [0.29, 0.717) is 6.29 Å². The molecule has 0 unspecified atom stereocenters. The monoisotopic (exact) mass is 328 g/mol. The highest BCUT2D eigenvalue weighted by Crippen LogP contribution is 2.03. The predicted octanol–water partition coefficient (Wildman–Crippen LogP) is -4.70. The van der Waals surface area contributed by atoms with Gasteiger partial charge in [-0.1, -0.05) is 0 Å². The largest absolute Gasteiger partial charge is 0.394 e. The van der Waals surface area contributed by atoms with E-state index in [-0.39, 0.29) is 12.7 Å². The van der Waals surface area contributed by atoms with Gasteiger partial charge in [0, 0.05) is 6.42 Å². The third-order valence-electron chi connectivity index (χ3n) is 2.65. The van der Waals surface area contributed by atoms with Gasteiger partial charge >= 0.3 is 0 Å². The summed E-state index contributed by atoms with van der Waals surface area (Å²) < 4.78 is 0. The number of aldehydes is 2. The molecular formula is C12H24O10. The summed E-state index contributed by atoms with van der Waals surface area (Å²) in [5.74, 6) is 0. The molecule has 132 valence electrons. The standard InChI is InChI=1S/2C6H12O5/c1-3(8)5(10)6(11)4(9)2-7;7-2-1-4(9)6(11)5(10)3-8/h2-6,8-11H,1H3;2,4-6,8-11H,1,3H2/t3-,4+,5-,6-;4-,5-,6+/m11/s1. The minimum absolute atomic E-state index is 0.0935. The molecule has 0 aromatic carbocycles. The highest BCUT2D eigenvalue weighted by molar-refractivity contribution is 5.56. The van der Waals surface area contributed by atoms with Gasteiger partial charge in [-0.15, -0.1) is 0 Å². The molecule has 0 aliphatic rings. The van der Waals surface area contributed by atoms with Gasteiger partial charge in [-0.2, -0.15) is 0 Å². The first-order valence-corrected chi connectivity index (χ1v) is 6.40. The van der Waals surface area contributed by atoms with E-state index >= 15 is 0 Å². The van der Waals surface area contributed by atoms with Gasteiger partial charge in [0.15, 0.2) is 6.29 Å². The Morgan fingerprint density at radius 2 is 1.32 bits per heavy atom. The highest BCUT2D eigenvalue weighted by Gasteiger charge is 2.27. The van der Waals surface area contributed by atoms with Crippen LogP contribution in [0.2, 0.25) is 0 Å². The van der Waals surface area contributed by atoms with Crippen molar-refractivity contribution in [1.82, 2.24) is 0 Å². The molecule has 0 aromatic heterocycles. The van der Waals surface area contributed by atoms with E-state index < -0.39 is 49.3 Å². The Bertz CT molecular complexity index is 298. The topological polar surface area (TPSA) is 196 Å². The van der Waals surface area contributed by atoms with Crippen molar-refractivity contribution in [1.29, 1.82) is 0 Å². The van der Waals surface area contributed by atoms with Crippen LogP contribution in [0, 0.1) is 0 Å². The average Bonchev–Trinajstić information content (AvgIpc) is 2.51. The van der Waals surface area contributed by atoms with E-state index in [1.54, 1.807) is 0 Å². The molecule has 0 heterocycles. The first kappa shape index (κ1) is 23.3. The number of hydrogen-bond acceptors (Lipinski definition) is 10. The summed E-state index contributed by atoms with van der Waals surface area (Å²) in [7, 11) is 0. The van der Waals surface area contributed by atoms with Gasteiger partial charge in [0.25, 0.3) is 0 Å². The number of hydrogen-bond donors (Lipinski definition) is 8. The van der Waals surface area contributed by atoms with Crippen LogP contribution < -0.4 is 0 Å². The fourth-order valence-electron chi connectivity index (χ4n) is 1.17. The molecule has 0 radical (unpaired) electrons. The van der Waals surface area contributed by atoms with Crippen LogP contribution in [0.4, 0.5) is 0 Å². The number of aliphatic hydroxyl groups is 8. The summed E-state index contributed by atoms with van der Waals surface area (Å²) in [4.78, 5) is 19.7. The molecule has 0 saturated carbocycles. The van der Waals surface area contributed by atoms with Crippen LogP contribution in [0.15, 0.2) is 0 Å². The predicted molar refractivity (Wildman–Crippen MR) is 71.6 cm³/mol. The number of aliphatic hydroxyl groups excluding tert-OH is 8. The van der Waals surface area contributed by atoms with Crippen LogP contribution in [0.5, 0.6) is 0 Å². The van der Waals surface area contributed by atoms with Crippen LogP contribution in [0.25, 0.3) is 0 Å². The maximum Gasteiger partial charge on any atom is 0.151 e. The summed E-state index contributed by atoms with van der Waals surface area (Å²) in [6, 6.07) is 0. The van der Waals surface area contributed by atoms with Gasteiger partial charge in [-0.25, -0.2) is 0 Å². The Labute approximate surface area is 126 Å². The zero-order valence-corrected chi connectivity index (χ0v) is 12.0. The first-order chi connectivity index (χ1) is 10.1. The van der Waals surface area contributed by atoms with E-state index in [0.717, 1.165) is 0 Å². The molecule has 8 N–H and O–H groups in total. The summed E-state index contributed by atoms with van der Waals surface area (Å²) in [5.41, 5.74) is 0. The molecule has 0 aliphatic heterocycles. The van der Waals surface area contributed by atoms with Crippen LogP contribution >= 0.6 is 0 Å². The van der Waals surface area contributed by atoms with Gasteiger partial charge in [0.2, 0.25) is 0 Å². The summed E-state index contributed by atoms with van der Waals surface area (Å²) in [6.45, 7) is 0.600. The van der Waals surface area contributed by atoms with E-state index in [1.165, 1.54) is 6.92 Å². The molecule has 0 rings (SSSR count). The molecule has 0 amide bonds. The molecule has 0 saturated heterocycles. The van der Waals surface area contributed by atoms with Crippen molar-refractivity contribution < 1.29 is 50.4 Å². The Balaban J connectivity index is 0. The molecule has 0 aliphatic carbocycles. The molecule has 7 atom stereocenters. The van der Waals surface area contributed by atoms with Gasteiger partial charge in [-0.3, -0.25) is 0 Å². The maximum atomic E-state index is 9.87. The van der Waals surface area contributed by atoms with Crippen molar-refractivity contribution in [2.45, 2.75) is 56.1 Å².